The summed E-state index contributed by atoms with van der Waals surface area (Å²) in [5, 5.41) is 0. The lowest BCUT2D eigenvalue weighted by molar-refractivity contribution is 0.563. The first-order valence-corrected chi connectivity index (χ1v) is 7.17. The van der Waals surface area contributed by atoms with Gasteiger partial charge < -0.3 is 10.3 Å². The second-order valence-corrected chi connectivity index (χ2v) is 6.15. The van der Waals surface area contributed by atoms with Gasteiger partial charge in [0, 0.05) is 32.9 Å². The molecule has 1 aromatic heterocycles. The molecule has 8 nitrogen and oxygen atoms in total. The Kier molecular flexibility index (Phi) is 4.66. The first kappa shape index (κ1) is 15.6. The average molecular weight is 290 g/mol. The van der Waals surface area contributed by atoms with Crippen molar-refractivity contribution in [2.75, 3.05) is 6.54 Å². The van der Waals surface area contributed by atoms with Crippen LogP contribution in [0.3, 0.4) is 0 Å². The lowest BCUT2D eigenvalue weighted by Gasteiger charge is -2.10. The predicted molar refractivity (Wildman–Crippen MR) is 70.4 cm³/mol. The maximum absolute atomic E-state index is 12.0. The van der Waals surface area contributed by atoms with Crippen molar-refractivity contribution in [3.63, 3.8) is 0 Å². The minimum Gasteiger partial charge on any atom is -0.328 e. The van der Waals surface area contributed by atoms with Gasteiger partial charge in [0.15, 0.2) is 4.90 Å². The van der Waals surface area contributed by atoms with Crippen molar-refractivity contribution in [2.45, 2.75) is 24.3 Å². The third kappa shape index (κ3) is 3.52. The van der Waals surface area contributed by atoms with Gasteiger partial charge in [0.05, 0.1) is 0 Å². The van der Waals surface area contributed by atoms with Gasteiger partial charge in [-0.25, -0.2) is 17.9 Å². The highest BCUT2D eigenvalue weighted by molar-refractivity contribution is 7.89. The normalized spacial score (nSPS) is 13.5. The van der Waals surface area contributed by atoms with Crippen LogP contribution in [0.25, 0.3) is 0 Å². The molecular weight excluding hydrogens is 272 g/mol. The third-order valence-corrected chi connectivity index (χ3v) is 4.04. The Balaban J connectivity index is 3.16. The van der Waals surface area contributed by atoms with Crippen LogP contribution in [0.15, 0.2) is 20.7 Å². The fourth-order valence-corrected chi connectivity index (χ4v) is 2.66. The second-order valence-electron chi connectivity index (χ2n) is 4.41. The maximum Gasteiger partial charge on any atom is 0.330 e. The van der Waals surface area contributed by atoms with Crippen LogP contribution in [0, 0.1) is 0 Å². The number of nitrogens with one attached hydrogen (secondary N) is 1. The standard InChI is InChI=1S/C10H18N4O4S/c1-7(11)4-5-12-19(17,18)8-6-13(2)10(16)14(3)9(8)15/h6-7,12H,4-5,11H2,1-3H3. The lowest BCUT2D eigenvalue weighted by atomic mass is 10.3. The van der Waals surface area contributed by atoms with Crippen LogP contribution >= 0.6 is 0 Å². The monoisotopic (exact) mass is 290 g/mol. The fourth-order valence-electron chi connectivity index (χ4n) is 1.46. The van der Waals surface area contributed by atoms with Crippen molar-refractivity contribution < 1.29 is 8.42 Å². The van der Waals surface area contributed by atoms with E-state index in [1.54, 1.807) is 6.92 Å². The zero-order valence-corrected chi connectivity index (χ0v) is 11.9. The molecule has 108 valence electrons. The van der Waals surface area contributed by atoms with E-state index in [9.17, 15) is 18.0 Å². The fraction of sp³-hybridized carbons (Fsp3) is 0.600. The smallest absolute Gasteiger partial charge is 0.328 e. The molecule has 0 aromatic carbocycles. The van der Waals surface area contributed by atoms with E-state index in [1.807, 2.05) is 0 Å². The number of rotatable bonds is 5. The maximum atomic E-state index is 12.0. The topological polar surface area (TPSA) is 116 Å². The molecule has 0 amide bonds. The van der Waals surface area contributed by atoms with Crippen LogP contribution in [0.1, 0.15) is 13.3 Å². The highest BCUT2D eigenvalue weighted by Crippen LogP contribution is 2.00. The van der Waals surface area contributed by atoms with E-state index < -0.39 is 26.2 Å². The molecule has 3 N–H and O–H groups in total. The van der Waals surface area contributed by atoms with Crippen LogP contribution in [0.2, 0.25) is 0 Å². The summed E-state index contributed by atoms with van der Waals surface area (Å²) in [6, 6.07) is -0.148. The molecule has 0 fully saturated rings. The van der Waals surface area contributed by atoms with Crippen molar-refractivity contribution >= 4 is 10.0 Å². The Hall–Kier alpha value is -1.45. The summed E-state index contributed by atoms with van der Waals surface area (Å²) in [7, 11) is -1.34. The summed E-state index contributed by atoms with van der Waals surface area (Å²) in [4.78, 5) is 22.8. The number of sulfonamides is 1. The molecule has 19 heavy (non-hydrogen) atoms. The summed E-state index contributed by atoms with van der Waals surface area (Å²) in [5.74, 6) is 0. The van der Waals surface area contributed by atoms with Gasteiger partial charge in [-0.3, -0.25) is 9.36 Å². The molecule has 0 saturated carbocycles. The molecule has 1 rings (SSSR count). The minimum atomic E-state index is -3.95. The second kappa shape index (κ2) is 5.68. The highest BCUT2D eigenvalue weighted by atomic mass is 32.2. The van der Waals surface area contributed by atoms with Crippen LogP contribution in [0.4, 0.5) is 0 Å². The predicted octanol–water partition coefficient (Wildman–Crippen LogP) is -1.90. The Bertz CT molecular complexity index is 672. The third-order valence-electron chi connectivity index (χ3n) is 2.60. The SMILES string of the molecule is CC(N)CCNS(=O)(=O)c1cn(C)c(=O)n(C)c1=O. The zero-order valence-electron chi connectivity index (χ0n) is 11.1. The number of nitrogens with two attached hydrogens (primary N) is 1. The van der Waals surface area contributed by atoms with E-state index in [0.717, 1.165) is 15.3 Å². The highest BCUT2D eigenvalue weighted by Gasteiger charge is 2.20. The number of hydrogen-bond donors (Lipinski definition) is 2. The van der Waals surface area contributed by atoms with Crippen LogP contribution < -0.4 is 21.7 Å². The van der Waals surface area contributed by atoms with Gasteiger partial charge in [0.2, 0.25) is 10.0 Å². The summed E-state index contributed by atoms with van der Waals surface area (Å²) in [5.41, 5.74) is 4.08. The van der Waals surface area contributed by atoms with Gasteiger partial charge in [0.25, 0.3) is 5.56 Å². The van der Waals surface area contributed by atoms with Crippen molar-refractivity contribution in [3.05, 3.63) is 27.0 Å². The van der Waals surface area contributed by atoms with Crippen LogP contribution in [0.5, 0.6) is 0 Å². The molecule has 1 aromatic rings. The van der Waals surface area contributed by atoms with Crippen LogP contribution in [-0.2, 0) is 24.1 Å². The van der Waals surface area contributed by atoms with Crippen molar-refractivity contribution in [3.8, 4) is 0 Å². The zero-order chi connectivity index (χ0) is 14.8. The number of nitrogens with zero attached hydrogens (tertiary/aromatic N) is 2. The van der Waals surface area contributed by atoms with Gasteiger partial charge in [-0.15, -0.1) is 0 Å². The molecule has 0 spiro atoms. The summed E-state index contributed by atoms with van der Waals surface area (Å²) >= 11 is 0. The van der Waals surface area contributed by atoms with Crippen molar-refractivity contribution in [1.29, 1.82) is 0 Å². The van der Waals surface area contributed by atoms with Gasteiger partial charge in [-0.05, 0) is 13.3 Å². The first-order valence-electron chi connectivity index (χ1n) is 5.68. The lowest BCUT2D eigenvalue weighted by Crippen LogP contribution is -2.41. The van der Waals surface area contributed by atoms with Gasteiger partial charge in [-0.1, -0.05) is 0 Å². The number of hydrogen-bond acceptors (Lipinski definition) is 5. The van der Waals surface area contributed by atoms with Crippen molar-refractivity contribution in [2.24, 2.45) is 19.8 Å². The van der Waals surface area contributed by atoms with E-state index >= 15 is 0 Å². The van der Waals surface area contributed by atoms with Gasteiger partial charge in [-0.2, -0.15) is 0 Å². The molecule has 0 aliphatic rings. The Morgan fingerprint density at radius 2 is 1.95 bits per heavy atom. The Morgan fingerprint density at radius 1 is 1.37 bits per heavy atom. The summed E-state index contributed by atoms with van der Waals surface area (Å²) in [6.45, 7) is 1.88. The largest absolute Gasteiger partial charge is 0.330 e. The minimum absolute atomic E-state index is 0.131. The molecule has 9 heteroatoms. The van der Waals surface area contributed by atoms with Crippen LogP contribution in [-0.4, -0.2) is 30.1 Å². The molecule has 1 heterocycles. The summed E-state index contributed by atoms with van der Waals surface area (Å²) in [6.07, 6.45) is 1.46. The molecule has 1 unspecified atom stereocenters. The van der Waals surface area contributed by atoms with Crippen molar-refractivity contribution in [1.82, 2.24) is 13.9 Å². The average Bonchev–Trinajstić information content (AvgIpc) is 2.30. The van der Waals surface area contributed by atoms with Gasteiger partial charge in [0.1, 0.15) is 0 Å². The van der Waals surface area contributed by atoms with E-state index in [-0.39, 0.29) is 12.6 Å². The molecule has 0 saturated heterocycles. The van der Waals surface area contributed by atoms with E-state index in [0.29, 0.717) is 6.42 Å². The molecular formula is C10H18N4O4S. The molecule has 0 bridgehead atoms. The Labute approximate surface area is 110 Å². The van der Waals surface area contributed by atoms with E-state index in [1.165, 1.54) is 14.1 Å². The molecule has 1 atom stereocenters. The number of aromatic nitrogens is 2. The quantitative estimate of drug-likeness (QED) is 0.657. The molecule has 0 aliphatic heterocycles. The summed E-state index contributed by atoms with van der Waals surface area (Å²) < 4.78 is 28.0. The first-order chi connectivity index (χ1) is 8.66. The Morgan fingerprint density at radius 3 is 2.47 bits per heavy atom. The molecule has 0 aliphatic carbocycles. The molecule has 0 radical (unpaired) electrons. The van der Waals surface area contributed by atoms with E-state index in [4.69, 9.17) is 5.73 Å². The number of aryl methyl sites for hydroxylation is 1. The van der Waals surface area contributed by atoms with Gasteiger partial charge >= 0.3 is 5.69 Å². The van der Waals surface area contributed by atoms with E-state index in [2.05, 4.69) is 4.72 Å².